The van der Waals surface area contributed by atoms with Crippen LogP contribution in [0.25, 0.3) is 0 Å². The molecule has 3 amide bonds. The highest BCUT2D eigenvalue weighted by Crippen LogP contribution is 2.50. The number of benzene rings is 3. The first-order valence-corrected chi connectivity index (χ1v) is 14.4. The van der Waals surface area contributed by atoms with Crippen LogP contribution in [0.3, 0.4) is 0 Å². The zero-order valence-electron chi connectivity index (χ0n) is 23.9. The first kappa shape index (κ1) is 27.6. The normalized spacial score (nSPS) is 21.5. The minimum absolute atomic E-state index is 0.101. The second-order valence-electron chi connectivity index (χ2n) is 11.3. The number of piperidine rings is 1. The Morgan fingerprint density at radius 1 is 1.02 bits per heavy atom. The van der Waals surface area contributed by atoms with Gasteiger partial charge in [-0.2, -0.15) is 0 Å². The molecule has 3 aromatic rings. The number of nitrogens with zero attached hydrogens (tertiary/aromatic N) is 1. The number of carbonyl (C=O) groups is 3. The molecular formula is C33H35N3O6. The molecule has 218 valence electrons. The van der Waals surface area contributed by atoms with Gasteiger partial charge in [0.15, 0.2) is 18.1 Å². The van der Waals surface area contributed by atoms with Crippen molar-refractivity contribution in [2.45, 2.75) is 50.3 Å². The molecular weight excluding hydrogens is 534 g/mol. The van der Waals surface area contributed by atoms with E-state index in [1.807, 2.05) is 36.1 Å². The summed E-state index contributed by atoms with van der Waals surface area (Å²) in [5.74, 6) is 0.825. The number of carbonyl (C=O) groups excluding carboxylic acids is 3. The lowest BCUT2D eigenvalue weighted by atomic mass is 9.91. The van der Waals surface area contributed by atoms with Crippen molar-refractivity contribution in [3.63, 3.8) is 0 Å². The Kier molecular flexibility index (Phi) is 7.49. The lowest BCUT2D eigenvalue weighted by Gasteiger charge is -2.40. The Morgan fingerprint density at radius 3 is 2.50 bits per heavy atom. The van der Waals surface area contributed by atoms with Gasteiger partial charge in [-0.25, -0.2) is 0 Å². The molecule has 2 atom stereocenters. The van der Waals surface area contributed by atoms with E-state index in [1.54, 1.807) is 18.2 Å². The predicted octanol–water partition coefficient (Wildman–Crippen LogP) is 3.52. The molecule has 4 bridgehead atoms. The molecule has 2 N–H and O–H groups in total. The Hall–Kier alpha value is -4.53. The summed E-state index contributed by atoms with van der Waals surface area (Å²) in [7, 11) is 1.50. The monoisotopic (exact) mass is 569 g/mol. The van der Waals surface area contributed by atoms with Gasteiger partial charge in [0.2, 0.25) is 5.91 Å². The summed E-state index contributed by atoms with van der Waals surface area (Å²) in [6.45, 7) is 3.02. The molecule has 0 unspecified atom stereocenters. The van der Waals surface area contributed by atoms with Crippen molar-refractivity contribution in [1.82, 2.24) is 15.5 Å². The number of aryl methyl sites for hydroxylation is 1. The third-order valence-corrected chi connectivity index (χ3v) is 8.40. The number of hydrogen-bond acceptors (Lipinski definition) is 6. The van der Waals surface area contributed by atoms with Gasteiger partial charge in [-0.3, -0.25) is 14.4 Å². The van der Waals surface area contributed by atoms with E-state index in [0.29, 0.717) is 43.1 Å². The second-order valence-corrected chi connectivity index (χ2v) is 11.3. The number of rotatable bonds is 3. The molecule has 0 spiro atoms. The Balaban J connectivity index is 1.28. The number of methoxy groups -OCH3 is 1. The maximum absolute atomic E-state index is 13.9. The van der Waals surface area contributed by atoms with Gasteiger partial charge in [0.05, 0.1) is 18.6 Å². The summed E-state index contributed by atoms with van der Waals surface area (Å²) in [5, 5.41) is 5.97. The molecule has 1 saturated heterocycles. The van der Waals surface area contributed by atoms with Crippen LogP contribution in [-0.4, -0.2) is 61.6 Å². The van der Waals surface area contributed by atoms with E-state index < -0.39 is 11.5 Å². The van der Waals surface area contributed by atoms with Crippen molar-refractivity contribution in [1.29, 1.82) is 0 Å². The molecule has 3 aromatic carbocycles. The molecule has 7 rings (SSSR count). The van der Waals surface area contributed by atoms with Gasteiger partial charge < -0.3 is 29.7 Å². The average molecular weight is 570 g/mol. The van der Waals surface area contributed by atoms with Crippen molar-refractivity contribution >= 4 is 17.7 Å². The standard InChI is InChI=1S/C33H35N3O6/c1-21-3-8-24(9-4-21)33(14-15-33)32(39)36-16-13-27-26(19-36)35-31(38)23-7-12-28(40-2)29(17-23)41-20-30(37)34-18-22-5-10-25(42-27)11-6-22/h3-12,17,26-27H,13-16,18-20H2,1-2H3,(H,34,37)(H,35,38)/t26-,27+/m0/s1. The van der Waals surface area contributed by atoms with E-state index in [2.05, 4.69) is 34.9 Å². The van der Waals surface area contributed by atoms with Crippen LogP contribution in [0.5, 0.6) is 17.2 Å². The fourth-order valence-corrected chi connectivity index (χ4v) is 5.76. The number of fused-ring (bicyclic) bond motifs is 7. The first-order chi connectivity index (χ1) is 20.3. The summed E-state index contributed by atoms with van der Waals surface area (Å²) in [5.41, 5.74) is 2.97. The fourth-order valence-electron chi connectivity index (χ4n) is 5.76. The molecule has 42 heavy (non-hydrogen) atoms. The van der Waals surface area contributed by atoms with E-state index in [-0.39, 0.29) is 36.2 Å². The van der Waals surface area contributed by atoms with Crippen LogP contribution in [-0.2, 0) is 21.5 Å². The molecule has 1 saturated carbocycles. The molecule has 1 aliphatic carbocycles. The van der Waals surface area contributed by atoms with Crippen LogP contribution in [0, 0.1) is 6.92 Å². The maximum Gasteiger partial charge on any atom is 0.258 e. The second kappa shape index (κ2) is 11.4. The SMILES string of the molecule is COc1ccc2cc1OCC(=O)NCc1ccc(cc1)O[C@@H]1CCN(C(=O)C3(c4ccc(C)cc4)CC3)C[C@@H]1NC2=O. The van der Waals surface area contributed by atoms with E-state index in [1.165, 1.54) is 7.11 Å². The minimum atomic E-state index is -0.494. The van der Waals surface area contributed by atoms with Gasteiger partial charge in [0.25, 0.3) is 11.8 Å². The lowest BCUT2D eigenvalue weighted by molar-refractivity contribution is -0.136. The smallest absolute Gasteiger partial charge is 0.258 e. The fraction of sp³-hybridized carbons (Fsp3) is 0.364. The van der Waals surface area contributed by atoms with Crippen LogP contribution < -0.4 is 24.8 Å². The zero-order chi connectivity index (χ0) is 29.3. The van der Waals surface area contributed by atoms with Crippen molar-refractivity contribution in [2.75, 3.05) is 26.8 Å². The average Bonchev–Trinajstić information content (AvgIpc) is 3.82. The predicted molar refractivity (Wildman–Crippen MR) is 156 cm³/mol. The Morgan fingerprint density at radius 2 is 1.79 bits per heavy atom. The highest BCUT2D eigenvalue weighted by Gasteiger charge is 2.54. The van der Waals surface area contributed by atoms with Crippen LogP contribution in [0.4, 0.5) is 0 Å². The third-order valence-electron chi connectivity index (χ3n) is 8.40. The summed E-state index contributed by atoms with van der Waals surface area (Å²) >= 11 is 0. The summed E-state index contributed by atoms with van der Waals surface area (Å²) in [6.07, 6.45) is 1.86. The van der Waals surface area contributed by atoms with Crippen molar-refractivity contribution < 1.29 is 28.6 Å². The maximum atomic E-state index is 13.9. The quantitative estimate of drug-likeness (QED) is 0.500. The molecule has 2 fully saturated rings. The Bertz CT molecular complexity index is 1480. The summed E-state index contributed by atoms with van der Waals surface area (Å²) < 4.78 is 17.5. The van der Waals surface area contributed by atoms with Gasteiger partial charge in [0.1, 0.15) is 11.9 Å². The van der Waals surface area contributed by atoms with Crippen LogP contribution in [0.1, 0.15) is 46.3 Å². The highest BCUT2D eigenvalue weighted by molar-refractivity contribution is 5.95. The molecule has 3 heterocycles. The molecule has 9 heteroatoms. The van der Waals surface area contributed by atoms with E-state index in [4.69, 9.17) is 14.2 Å². The van der Waals surface area contributed by atoms with Gasteiger partial charge in [-0.05, 0) is 61.2 Å². The van der Waals surface area contributed by atoms with Gasteiger partial charge >= 0.3 is 0 Å². The van der Waals surface area contributed by atoms with E-state index in [9.17, 15) is 14.4 Å². The van der Waals surface area contributed by atoms with Crippen molar-refractivity contribution in [2.24, 2.45) is 0 Å². The summed E-state index contributed by atoms with van der Waals surface area (Å²) in [4.78, 5) is 41.8. The molecule has 0 radical (unpaired) electrons. The number of nitrogens with one attached hydrogen (secondary N) is 2. The number of likely N-dealkylation sites (tertiary alicyclic amines) is 1. The molecule has 9 nitrogen and oxygen atoms in total. The lowest BCUT2D eigenvalue weighted by Crippen LogP contribution is -2.59. The van der Waals surface area contributed by atoms with Crippen LogP contribution in [0.15, 0.2) is 66.7 Å². The first-order valence-electron chi connectivity index (χ1n) is 14.4. The van der Waals surface area contributed by atoms with Gasteiger partial charge in [0, 0.05) is 31.6 Å². The Labute approximate surface area is 245 Å². The van der Waals surface area contributed by atoms with Gasteiger partial charge in [-0.15, -0.1) is 0 Å². The van der Waals surface area contributed by atoms with Gasteiger partial charge in [-0.1, -0.05) is 42.0 Å². The topological polar surface area (TPSA) is 106 Å². The van der Waals surface area contributed by atoms with Crippen molar-refractivity contribution in [3.8, 4) is 17.2 Å². The minimum Gasteiger partial charge on any atom is -0.493 e. The van der Waals surface area contributed by atoms with Crippen LogP contribution >= 0.6 is 0 Å². The molecule has 0 aromatic heterocycles. The summed E-state index contributed by atoms with van der Waals surface area (Å²) in [6, 6.07) is 20.1. The van der Waals surface area contributed by atoms with Crippen molar-refractivity contribution in [3.05, 3.63) is 89.0 Å². The number of ether oxygens (including phenoxy) is 3. The third kappa shape index (κ3) is 5.64. The molecule has 4 aliphatic rings. The largest absolute Gasteiger partial charge is 0.493 e. The number of amides is 3. The van der Waals surface area contributed by atoms with Crippen LogP contribution in [0.2, 0.25) is 0 Å². The molecule has 3 aliphatic heterocycles. The zero-order valence-corrected chi connectivity index (χ0v) is 23.9. The van der Waals surface area contributed by atoms with E-state index in [0.717, 1.165) is 29.5 Å². The van der Waals surface area contributed by atoms with E-state index >= 15 is 0 Å². The highest BCUT2D eigenvalue weighted by atomic mass is 16.5. The number of hydrogen-bond donors (Lipinski definition) is 2.